The summed E-state index contributed by atoms with van der Waals surface area (Å²) in [6.45, 7) is 5.41. The predicted molar refractivity (Wildman–Crippen MR) is 97.6 cm³/mol. The van der Waals surface area contributed by atoms with E-state index in [9.17, 15) is 14.4 Å². The molecule has 0 spiro atoms. The number of carbonyl (C=O) groups is 3. The number of urea groups is 1. The zero-order valence-corrected chi connectivity index (χ0v) is 15.0. The standard InChI is InChI=1S/C20H22N2O4/c1-13-8-7-11-17(14(13)2)19(24)26-15(3)18(23)22-20(25)21-12-16-9-5-4-6-10-16/h4-11,15H,12H2,1-3H3,(H2,21,22,23,25). The smallest absolute Gasteiger partial charge is 0.339 e. The molecule has 0 aliphatic carbocycles. The van der Waals surface area contributed by atoms with Crippen LogP contribution in [-0.4, -0.2) is 24.0 Å². The van der Waals surface area contributed by atoms with Gasteiger partial charge in [0.2, 0.25) is 0 Å². The van der Waals surface area contributed by atoms with Crippen LogP contribution in [0.5, 0.6) is 0 Å². The molecular weight excluding hydrogens is 332 g/mol. The number of hydrogen-bond acceptors (Lipinski definition) is 4. The van der Waals surface area contributed by atoms with Crippen molar-refractivity contribution in [1.29, 1.82) is 0 Å². The normalized spacial score (nSPS) is 11.3. The number of benzene rings is 2. The van der Waals surface area contributed by atoms with Crippen LogP contribution >= 0.6 is 0 Å². The van der Waals surface area contributed by atoms with Crippen molar-refractivity contribution >= 4 is 17.9 Å². The first-order valence-electron chi connectivity index (χ1n) is 8.28. The van der Waals surface area contributed by atoms with Gasteiger partial charge in [-0.05, 0) is 43.5 Å². The highest BCUT2D eigenvalue weighted by Gasteiger charge is 2.21. The van der Waals surface area contributed by atoms with Crippen molar-refractivity contribution in [3.05, 3.63) is 70.8 Å². The van der Waals surface area contributed by atoms with E-state index in [-0.39, 0.29) is 6.54 Å². The van der Waals surface area contributed by atoms with Crippen LogP contribution < -0.4 is 10.6 Å². The zero-order chi connectivity index (χ0) is 19.1. The SMILES string of the molecule is Cc1cccc(C(=O)OC(C)C(=O)NC(=O)NCc2ccccc2)c1C. The molecule has 6 nitrogen and oxygen atoms in total. The molecule has 3 amide bonds. The molecule has 2 aromatic carbocycles. The highest BCUT2D eigenvalue weighted by Crippen LogP contribution is 2.14. The van der Waals surface area contributed by atoms with Gasteiger partial charge in [-0.2, -0.15) is 0 Å². The first kappa shape index (κ1) is 19.2. The maximum Gasteiger partial charge on any atom is 0.339 e. The second-order valence-corrected chi connectivity index (χ2v) is 5.95. The molecule has 1 atom stereocenters. The van der Waals surface area contributed by atoms with Crippen LogP contribution in [0.3, 0.4) is 0 Å². The number of esters is 1. The van der Waals surface area contributed by atoms with Gasteiger partial charge in [0.1, 0.15) is 0 Å². The van der Waals surface area contributed by atoms with Gasteiger partial charge in [-0.3, -0.25) is 10.1 Å². The maximum absolute atomic E-state index is 12.2. The van der Waals surface area contributed by atoms with Crippen molar-refractivity contribution in [2.24, 2.45) is 0 Å². The molecular formula is C20H22N2O4. The Balaban J connectivity index is 1.85. The Kier molecular flexibility index (Phi) is 6.49. The van der Waals surface area contributed by atoms with Crippen LogP contribution in [-0.2, 0) is 16.1 Å². The summed E-state index contributed by atoms with van der Waals surface area (Å²) in [6.07, 6.45) is -1.09. The average molecular weight is 354 g/mol. The molecule has 0 aromatic heterocycles. The Morgan fingerprint density at radius 3 is 2.38 bits per heavy atom. The molecule has 2 aromatic rings. The molecule has 0 aliphatic rings. The fourth-order valence-electron chi connectivity index (χ4n) is 2.29. The molecule has 0 bridgehead atoms. The summed E-state index contributed by atoms with van der Waals surface area (Å²) in [4.78, 5) is 36.1. The third-order valence-corrected chi connectivity index (χ3v) is 4.01. The molecule has 0 fully saturated rings. The van der Waals surface area contributed by atoms with Crippen LogP contribution in [0.25, 0.3) is 0 Å². The highest BCUT2D eigenvalue weighted by atomic mass is 16.5. The topological polar surface area (TPSA) is 84.5 Å². The summed E-state index contributed by atoms with van der Waals surface area (Å²) >= 11 is 0. The van der Waals surface area contributed by atoms with E-state index in [2.05, 4.69) is 10.6 Å². The van der Waals surface area contributed by atoms with Gasteiger partial charge in [-0.25, -0.2) is 9.59 Å². The third-order valence-electron chi connectivity index (χ3n) is 4.01. The van der Waals surface area contributed by atoms with E-state index in [1.807, 2.05) is 50.2 Å². The van der Waals surface area contributed by atoms with Crippen molar-refractivity contribution in [3.8, 4) is 0 Å². The minimum absolute atomic E-state index is 0.288. The van der Waals surface area contributed by atoms with Gasteiger partial charge in [0.25, 0.3) is 5.91 Å². The van der Waals surface area contributed by atoms with E-state index in [0.29, 0.717) is 5.56 Å². The summed E-state index contributed by atoms with van der Waals surface area (Å²) in [5.74, 6) is -1.28. The van der Waals surface area contributed by atoms with Crippen LogP contribution in [0.1, 0.15) is 34.0 Å². The summed E-state index contributed by atoms with van der Waals surface area (Å²) in [5.41, 5.74) is 3.06. The summed E-state index contributed by atoms with van der Waals surface area (Å²) in [5, 5.41) is 4.74. The number of hydrogen-bond donors (Lipinski definition) is 2. The molecule has 0 heterocycles. The molecule has 136 valence electrons. The van der Waals surface area contributed by atoms with Crippen molar-refractivity contribution in [3.63, 3.8) is 0 Å². The van der Waals surface area contributed by atoms with Crippen molar-refractivity contribution in [2.45, 2.75) is 33.4 Å². The summed E-state index contributed by atoms with van der Waals surface area (Å²) < 4.78 is 5.17. The molecule has 26 heavy (non-hydrogen) atoms. The van der Waals surface area contributed by atoms with E-state index in [1.165, 1.54) is 6.92 Å². The largest absolute Gasteiger partial charge is 0.449 e. The third kappa shape index (κ3) is 5.17. The van der Waals surface area contributed by atoms with Crippen molar-refractivity contribution < 1.29 is 19.1 Å². The molecule has 0 aliphatic heterocycles. The minimum atomic E-state index is -1.09. The lowest BCUT2D eigenvalue weighted by atomic mass is 10.0. The van der Waals surface area contributed by atoms with Crippen LogP contribution in [0.4, 0.5) is 4.79 Å². The molecule has 0 saturated carbocycles. The number of carbonyl (C=O) groups excluding carboxylic acids is 3. The second-order valence-electron chi connectivity index (χ2n) is 5.95. The van der Waals surface area contributed by atoms with Gasteiger partial charge in [0.05, 0.1) is 5.56 Å². The molecule has 6 heteroatoms. The molecule has 0 saturated heterocycles. The Hall–Kier alpha value is -3.15. The van der Waals surface area contributed by atoms with E-state index in [0.717, 1.165) is 16.7 Å². The first-order chi connectivity index (χ1) is 12.4. The van der Waals surface area contributed by atoms with Gasteiger partial charge in [0.15, 0.2) is 6.10 Å². The Labute approximate surface area is 152 Å². The lowest BCUT2D eigenvalue weighted by Gasteiger charge is -2.14. The first-order valence-corrected chi connectivity index (χ1v) is 8.28. The number of rotatable bonds is 5. The Morgan fingerprint density at radius 2 is 1.69 bits per heavy atom. The van der Waals surface area contributed by atoms with Gasteiger partial charge >= 0.3 is 12.0 Å². The van der Waals surface area contributed by atoms with Gasteiger partial charge in [-0.15, -0.1) is 0 Å². The number of ether oxygens (including phenoxy) is 1. The van der Waals surface area contributed by atoms with E-state index in [4.69, 9.17) is 4.74 Å². The lowest BCUT2D eigenvalue weighted by molar-refractivity contribution is -0.127. The molecule has 0 radical (unpaired) electrons. The highest BCUT2D eigenvalue weighted by molar-refractivity contribution is 5.98. The van der Waals surface area contributed by atoms with Crippen LogP contribution in [0.15, 0.2) is 48.5 Å². The number of nitrogens with one attached hydrogen (secondary N) is 2. The van der Waals surface area contributed by atoms with Gasteiger partial charge in [0, 0.05) is 6.54 Å². The van der Waals surface area contributed by atoms with Gasteiger partial charge in [-0.1, -0.05) is 42.5 Å². The Morgan fingerprint density at radius 1 is 1.00 bits per heavy atom. The van der Waals surface area contributed by atoms with Crippen LogP contribution in [0, 0.1) is 13.8 Å². The second kappa shape index (κ2) is 8.80. The minimum Gasteiger partial charge on any atom is -0.449 e. The zero-order valence-electron chi connectivity index (χ0n) is 15.0. The van der Waals surface area contributed by atoms with Crippen molar-refractivity contribution in [2.75, 3.05) is 0 Å². The fraction of sp³-hybridized carbons (Fsp3) is 0.250. The number of imide groups is 1. The Bertz CT molecular complexity index is 803. The monoisotopic (exact) mass is 354 g/mol. The number of aryl methyl sites for hydroxylation is 1. The lowest BCUT2D eigenvalue weighted by Crippen LogP contribution is -2.44. The maximum atomic E-state index is 12.2. The molecule has 2 N–H and O–H groups in total. The molecule has 1 unspecified atom stereocenters. The number of amides is 3. The van der Waals surface area contributed by atoms with E-state index >= 15 is 0 Å². The fourth-order valence-corrected chi connectivity index (χ4v) is 2.29. The summed E-state index contributed by atoms with van der Waals surface area (Å²) in [7, 11) is 0. The van der Waals surface area contributed by atoms with Crippen LogP contribution in [0.2, 0.25) is 0 Å². The predicted octanol–water partition coefficient (Wildman–Crippen LogP) is 2.87. The van der Waals surface area contributed by atoms with E-state index in [1.54, 1.807) is 12.1 Å². The van der Waals surface area contributed by atoms with E-state index < -0.39 is 24.0 Å². The molecule has 2 rings (SSSR count). The average Bonchev–Trinajstić information content (AvgIpc) is 2.63. The quantitative estimate of drug-likeness (QED) is 0.809. The van der Waals surface area contributed by atoms with Crippen molar-refractivity contribution in [1.82, 2.24) is 10.6 Å². The van der Waals surface area contributed by atoms with Gasteiger partial charge < -0.3 is 10.1 Å². The summed E-state index contributed by atoms with van der Waals surface area (Å²) in [6, 6.07) is 13.9.